The van der Waals surface area contributed by atoms with Gasteiger partial charge in [0, 0.05) is 28.9 Å². The molecule has 1 fully saturated rings. The summed E-state index contributed by atoms with van der Waals surface area (Å²) in [5.74, 6) is -0.401. The number of aromatic nitrogens is 1. The molecule has 1 aromatic heterocycles. The Morgan fingerprint density at radius 1 is 0.971 bits per heavy atom. The molecule has 8 heteroatoms. The van der Waals surface area contributed by atoms with Gasteiger partial charge in [-0.3, -0.25) is 24.6 Å². The standard InChI is InChI=1S/C27H21N3O4S/c1-17-13-21(18(2)29(17)24-12-6-9-20-8-3-4-11-23(20)24)15-25-26(31)28(27(32)35-25)16-19-7-5-10-22(14-19)30(33)34/h3-15H,16H2,1-2H3/b25-15+. The Labute approximate surface area is 205 Å². The molecule has 174 valence electrons. The van der Waals surface area contributed by atoms with Crippen molar-refractivity contribution in [1.82, 2.24) is 9.47 Å². The van der Waals surface area contributed by atoms with Gasteiger partial charge in [0.1, 0.15) is 0 Å². The third kappa shape index (κ3) is 4.13. The Hall–Kier alpha value is -4.17. The predicted molar refractivity (Wildman–Crippen MR) is 137 cm³/mol. The molecular formula is C27H21N3O4S. The highest BCUT2D eigenvalue weighted by Gasteiger charge is 2.35. The van der Waals surface area contributed by atoms with Crippen LogP contribution < -0.4 is 0 Å². The molecule has 35 heavy (non-hydrogen) atoms. The number of carbonyl (C=O) groups is 2. The minimum atomic E-state index is -0.497. The molecule has 4 aromatic rings. The first-order chi connectivity index (χ1) is 16.8. The Morgan fingerprint density at radius 3 is 2.51 bits per heavy atom. The second-order valence-corrected chi connectivity index (χ2v) is 9.35. The third-order valence-electron chi connectivity index (χ3n) is 6.10. The lowest BCUT2D eigenvalue weighted by atomic mass is 10.1. The topological polar surface area (TPSA) is 85.5 Å². The Bertz CT molecular complexity index is 1550. The number of nitro groups is 1. The smallest absolute Gasteiger partial charge is 0.293 e. The molecule has 1 aliphatic rings. The van der Waals surface area contributed by atoms with Gasteiger partial charge in [0.15, 0.2) is 0 Å². The van der Waals surface area contributed by atoms with E-state index < -0.39 is 16.1 Å². The molecular weight excluding hydrogens is 462 g/mol. The number of fused-ring (bicyclic) bond motifs is 1. The van der Waals surface area contributed by atoms with Gasteiger partial charge in [0.05, 0.1) is 22.1 Å². The van der Waals surface area contributed by atoms with Gasteiger partial charge in [0.2, 0.25) is 0 Å². The van der Waals surface area contributed by atoms with E-state index in [-0.39, 0.29) is 12.2 Å². The lowest BCUT2D eigenvalue weighted by Crippen LogP contribution is -2.27. The van der Waals surface area contributed by atoms with Crippen LogP contribution in [-0.2, 0) is 11.3 Å². The van der Waals surface area contributed by atoms with E-state index in [1.54, 1.807) is 18.2 Å². The van der Waals surface area contributed by atoms with Crippen LogP contribution in [0.25, 0.3) is 22.5 Å². The highest BCUT2D eigenvalue weighted by molar-refractivity contribution is 8.18. The number of nitrogens with zero attached hydrogens (tertiary/aromatic N) is 3. The molecule has 7 nitrogen and oxygen atoms in total. The second-order valence-electron chi connectivity index (χ2n) is 8.36. The Balaban J connectivity index is 1.47. The molecule has 0 unspecified atom stereocenters. The zero-order valence-electron chi connectivity index (χ0n) is 19.1. The van der Waals surface area contributed by atoms with Crippen LogP contribution in [0.2, 0.25) is 0 Å². The van der Waals surface area contributed by atoms with Crippen LogP contribution in [0.4, 0.5) is 10.5 Å². The Morgan fingerprint density at radius 2 is 1.71 bits per heavy atom. The molecule has 0 bridgehead atoms. The molecule has 0 radical (unpaired) electrons. The number of hydrogen-bond donors (Lipinski definition) is 0. The van der Waals surface area contributed by atoms with Crippen LogP contribution in [0.15, 0.2) is 77.7 Å². The van der Waals surface area contributed by atoms with Crippen molar-refractivity contribution in [3.8, 4) is 5.69 Å². The number of aryl methyl sites for hydroxylation is 1. The predicted octanol–water partition coefficient (Wildman–Crippen LogP) is 6.39. The van der Waals surface area contributed by atoms with Crippen LogP contribution in [0.3, 0.4) is 0 Å². The fourth-order valence-corrected chi connectivity index (χ4v) is 5.27. The van der Waals surface area contributed by atoms with E-state index in [1.807, 2.05) is 38.1 Å². The number of imide groups is 1. The highest BCUT2D eigenvalue weighted by Crippen LogP contribution is 2.35. The van der Waals surface area contributed by atoms with Crippen LogP contribution >= 0.6 is 11.8 Å². The SMILES string of the molecule is Cc1cc(/C=C2/SC(=O)N(Cc3cccc([N+](=O)[O-])c3)C2=O)c(C)n1-c1cccc2ccccc12. The van der Waals surface area contributed by atoms with Gasteiger partial charge >= 0.3 is 0 Å². The summed E-state index contributed by atoms with van der Waals surface area (Å²) in [5.41, 5.74) is 4.33. The number of carbonyl (C=O) groups excluding carboxylic acids is 2. The average molecular weight is 484 g/mol. The summed E-state index contributed by atoms with van der Waals surface area (Å²) in [6.07, 6.45) is 1.75. The number of rotatable bonds is 5. The summed E-state index contributed by atoms with van der Waals surface area (Å²) in [4.78, 5) is 37.7. The maximum Gasteiger partial charge on any atom is 0.293 e. The number of amides is 2. The Kier molecular flexibility index (Phi) is 5.74. The quantitative estimate of drug-likeness (QED) is 0.186. The van der Waals surface area contributed by atoms with Crippen LogP contribution in [-0.4, -0.2) is 25.5 Å². The van der Waals surface area contributed by atoms with Gasteiger partial charge in [-0.2, -0.15) is 0 Å². The summed E-state index contributed by atoms with van der Waals surface area (Å²) in [6.45, 7) is 3.99. The summed E-state index contributed by atoms with van der Waals surface area (Å²) in [6, 6.07) is 22.3. The molecule has 1 saturated heterocycles. The number of benzene rings is 3. The van der Waals surface area contributed by atoms with E-state index in [0.717, 1.165) is 50.1 Å². The van der Waals surface area contributed by atoms with Gasteiger partial charge in [-0.1, -0.05) is 48.5 Å². The molecule has 3 aromatic carbocycles. The van der Waals surface area contributed by atoms with Crippen molar-refractivity contribution < 1.29 is 14.5 Å². The third-order valence-corrected chi connectivity index (χ3v) is 7.01. The van der Waals surface area contributed by atoms with Crippen molar-refractivity contribution >= 4 is 45.4 Å². The lowest BCUT2D eigenvalue weighted by Gasteiger charge is -2.13. The van der Waals surface area contributed by atoms with Gasteiger partial charge in [0.25, 0.3) is 16.8 Å². The fraction of sp³-hybridized carbons (Fsp3) is 0.111. The van der Waals surface area contributed by atoms with Crippen molar-refractivity contribution in [3.63, 3.8) is 0 Å². The maximum absolute atomic E-state index is 13.1. The van der Waals surface area contributed by atoms with Gasteiger partial charge < -0.3 is 4.57 Å². The molecule has 0 atom stereocenters. The molecule has 2 amide bonds. The van der Waals surface area contributed by atoms with E-state index in [1.165, 1.54) is 12.1 Å². The first kappa shape index (κ1) is 22.6. The monoisotopic (exact) mass is 483 g/mol. The van der Waals surface area contributed by atoms with E-state index in [0.29, 0.717) is 10.5 Å². The summed E-state index contributed by atoms with van der Waals surface area (Å²) in [7, 11) is 0. The van der Waals surface area contributed by atoms with Crippen molar-refractivity contribution in [2.45, 2.75) is 20.4 Å². The number of hydrogen-bond acceptors (Lipinski definition) is 5. The van der Waals surface area contributed by atoms with Gasteiger partial charge in [-0.15, -0.1) is 0 Å². The fourth-order valence-electron chi connectivity index (χ4n) is 4.44. The van der Waals surface area contributed by atoms with Gasteiger partial charge in [-0.25, -0.2) is 0 Å². The average Bonchev–Trinajstić information content (AvgIpc) is 3.27. The first-order valence-electron chi connectivity index (χ1n) is 11.0. The number of thioether (sulfide) groups is 1. The zero-order chi connectivity index (χ0) is 24.7. The lowest BCUT2D eigenvalue weighted by molar-refractivity contribution is -0.384. The minimum absolute atomic E-state index is 0.0152. The normalized spacial score (nSPS) is 14.9. The van der Waals surface area contributed by atoms with Crippen LogP contribution in [0, 0.1) is 24.0 Å². The van der Waals surface area contributed by atoms with E-state index in [2.05, 4.69) is 28.8 Å². The largest absolute Gasteiger partial charge is 0.317 e. The summed E-state index contributed by atoms with van der Waals surface area (Å²) in [5, 5.41) is 12.9. The summed E-state index contributed by atoms with van der Waals surface area (Å²) < 4.78 is 2.15. The van der Waals surface area contributed by atoms with Gasteiger partial charge in [-0.05, 0) is 60.3 Å². The maximum atomic E-state index is 13.1. The van der Waals surface area contributed by atoms with Crippen LogP contribution in [0.5, 0.6) is 0 Å². The summed E-state index contributed by atoms with van der Waals surface area (Å²) >= 11 is 0.884. The first-order valence-corrected chi connectivity index (χ1v) is 11.8. The second kappa shape index (κ2) is 8.88. The van der Waals surface area contributed by atoms with Crippen LogP contribution in [0.1, 0.15) is 22.5 Å². The highest BCUT2D eigenvalue weighted by atomic mass is 32.2. The molecule has 0 saturated carbocycles. The number of nitro benzene ring substituents is 1. The minimum Gasteiger partial charge on any atom is -0.317 e. The zero-order valence-corrected chi connectivity index (χ0v) is 19.9. The molecule has 0 aliphatic carbocycles. The molecule has 1 aliphatic heterocycles. The number of non-ortho nitro benzene ring substituents is 1. The van der Waals surface area contributed by atoms with Crippen molar-refractivity contribution in [2.24, 2.45) is 0 Å². The van der Waals surface area contributed by atoms with Crippen molar-refractivity contribution in [1.29, 1.82) is 0 Å². The van der Waals surface area contributed by atoms with Crippen molar-refractivity contribution in [2.75, 3.05) is 0 Å². The van der Waals surface area contributed by atoms with E-state index >= 15 is 0 Å². The van der Waals surface area contributed by atoms with E-state index in [4.69, 9.17) is 0 Å². The van der Waals surface area contributed by atoms with Crippen molar-refractivity contribution in [3.05, 3.63) is 110 Å². The molecule has 2 heterocycles. The molecule has 0 spiro atoms. The van der Waals surface area contributed by atoms with E-state index in [9.17, 15) is 19.7 Å². The molecule has 5 rings (SSSR count). The molecule has 0 N–H and O–H groups in total.